The first-order valence-electron chi connectivity index (χ1n) is 8.81. The summed E-state index contributed by atoms with van der Waals surface area (Å²) in [5.41, 5.74) is 7.59. The van der Waals surface area contributed by atoms with E-state index in [4.69, 9.17) is 4.98 Å². The maximum absolute atomic E-state index is 4.84. The molecule has 0 radical (unpaired) electrons. The molecule has 0 aliphatic heterocycles. The summed E-state index contributed by atoms with van der Waals surface area (Å²) in [6.45, 7) is 6.80. The SMILES string of the molecule is CC(C)(C)c1ccc2cnc3c(c2c1)Cc1cccc2nccc-3c12. The standard InChI is InChI=1S/C23H20N2/c1-23(2,3)16-8-7-15-13-25-22-17-9-10-24-20-6-4-5-14(21(17)20)11-19(22)18(15)12-16/h4-10,12-13H,11H2,1-3H3. The number of hydrogen-bond donors (Lipinski definition) is 0. The van der Waals surface area contributed by atoms with Gasteiger partial charge in [-0.15, -0.1) is 0 Å². The van der Waals surface area contributed by atoms with Gasteiger partial charge in [-0.3, -0.25) is 9.97 Å². The molecule has 4 aromatic rings. The number of fused-ring (bicyclic) bond motifs is 4. The minimum absolute atomic E-state index is 0.140. The first-order chi connectivity index (χ1) is 12.0. The lowest BCUT2D eigenvalue weighted by Crippen LogP contribution is -2.11. The Kier molecular flexibility index (Phi) is 2.85. The van der Waals surface area contributed by atoms with Crippen molar-refractivity contribution in [1.82, 2.24) is 9.97 Å². The molecule has 0 unspecified atom stereocenters. The summed E-state index contributed by atoms with van der Waals surface area (Å²) in [6, 6.07) is 15.3. The summed E-state index contributed by atoms with van der Waals surface area (Å²) >= 11 is 0. The first kappa shape index (κ1) is 14.6. The lowest BCUT2D eigenvalue weighted by atomic mass is 9.82. The quantitative estimate of drug-likeness (QED) is 0.368. The van der Waals surface area contributed by atoms with Crippen LogP contribution in [0.15, 0.2) is 54.9 Å². The number of pyridine rings is 2. The van der Waals surface area contributed by atoms with Crippen LogP contribution in [0.4, 0.5) is 0 Å². The van der Waals surface area contributed by atoms with Gasteiger partial charge in [0.15, 0.2) is 0 Å². The summed E-state index contributed by atoms with van der Waals surface area (Å²) in [5.74, 6) is 0. The lowest BCUT2D eigenvalue weighted by Gasteiger charge is -2.23. The number of hydrogen-bond acceptors (Lipinski definition) is 2. The third kappa shape index (κ3) is 2.10. The van der Waals surface area contributed by atoms with Crippen LogP contribution < -0.4 is 0 Å². The Morgan fingerprint density at radius 2 is 1.84 bits per heavy atom. The number of aromatic nitrogens is 2. The van der Waals surface area contributed by atoms with Crippen LogP contribution in [0, 0.1) is 0 Å². The van der Waals surface area contributed by atoms with E-state index in [9.17, 15) is 0 Å². The van der Waals surface area contributed by atoms with Gasteiger partial charge in [0, 0.05) is 35.2 Å². The Labute approximate surface area is 147 Å². The van der Waals surface area contributed by atoms with Gasteiger partial charge < -0.3 is 0 Å². The van der Waals surface area contributed by atoms with E-state index in [0.717, 1.165) is 17.6 Å². The molecule has 0 fully saturated rings. The van der Waals surface area contributed by atoms with Crippen LogP contribution >= 0.6 is 0 Å². The fraction of sp³-hybridized carbons (Fsp3) is 0.217. The van der Waals surface area contributed by atoms with E-state index in [1.54, 1.807) is 0 Å². The van der Waals surface area contributed by atoms with E-state index >= 15 is 0 Å². The lowest BCUT2D eigenvalue weighted by molar-refractivity contribution is 0.591. The molecule has 2 heteroatoms. The number of benzene rings is 2. The van der Waals surface area contributed by atoms with Gasteiger partial charge in [0.05, 0.1) is 11.2 Å². The van der Waals surface area contributed by atoms with Crippen molar-refractivity contribution in [2.24, 2.45) is 0 Å². The molecule has 2 heterocycles. The first-order valence-corrected chi connectivity index (χ1v) is 8.81. The van der Waals surface area contributed by atoms with Gasteiger partial charge in [-0.2, -0.15) is 0 Å². The Hall–Kier alpha value is -2.74. The minimum atomic E-state index is 0.140. The molecule has 25 heavy (non-hydrogen) atoms. The molecule has 1 aliphatic carbocycles. The molecule has 122 valence electrons. The topological polar surface area (TPSA) is 25.8 Å². The molecule has 0 amide bonds. The summed E-state index contributed by atoms with van der Waals surface area (Å²) < 4.78 is 0. The Balaban J connectivity index is 1.87. The number of nitrogens with zero attached hydrogens (tertiary/aromatic N) is 2. The predicted molar refractivity (Wildman–Crippen MR) is 104 cm³/mol. The zero-order valence-corrected chi connectivity index (χ0v) is 14.8. The van der Waals surface area contributed by atoms with E-state index in [-0.39, 0.29) is 5.41 Å². The zero-order valence-electron chi connectivity index (χ0n) is 14.8. The third-order valence-corrected chi connectivity index (χ3v) is 5.34. The van der Waals surface area contributed by atoms with Crippen LogP contribution in [0.1, 0.15) is 37.5 Å². The van der Waals surface area contributed by atoms with Gasteiger partial charge in [-0.1, -0.05) is 51.1 Å². The second kappa shape index (κ2) is 4.89. The normalized spacial score (nSPS) is 13.2. The molecule has 0 atom stereocenters. The van der Waals surface area contributed by atoms with Crippen molar-refractivity contribution < 1.29 is 0 Å². The van der Waals surface area contributed by atoms with Gasteiger partial charge in [-0.25, -0.2) is 0 Å². The highest BCUT2D eigenvalue weighted by molar-refractivity contribution is 6.02. The highest BCUT2D eigenvalue weighted by Gasteiger charge is 2.22. The highest BCUT2D eigenvalue weighted by Crippen LogP contribution is 2.40. The smallest absolute Gasteiger partial charge is 0.0751 e. The summed E-state index contributed by atoms with van der Waals surface area (Å²) in [6.07, 6.45) is 4.83. The minimum Gasteiger partial charge on any atom is -0.256 e. The highest BCUT2D eigenvalue weighted by atomic mass is 14.7. The maximum Gasteiger partial charge on any atom is 0.0751 e. The van der Waals surface area contributed by atoms with Crippen LogP contribution in [0.25, 0.3) is 32.9 Å². The van der Waals surface area contributed by atoms with E-state index < -0.39 is 0 Å². The van der Waals surface area contributed by atoms with Gasteiger partial charge >= 0.3 is 0 Å². The molecule has 0 N–H and O–H groups in total. The van der Waals surface area contributed by atoms with Crippen LogP contribution in [0.2, 0.25) is 0 Å². The maximum atomic E-state index is 4.84. The fourth-order valence-electron chi connectivity index (χ4n) is 3.96. The molecular formula is C23H20N2. The molecule has 0 spiro atoms. The molecule has 0 saturated heterocycles. The largest absolute Gasteiger partial charge is 0.256 e. The van der Waals surface area contributed by atoms with Crippen molar-refractivity contribution in [1.29, 1.82) is 0 Å². The Morgan fingerprint density at radius 1 is 0.960 bits per heavy atom. The summed E-state index contributed by atoms with van der Waals surface area (Å²) in [4.78, 5) is 9.37. The van der Waals surface area contributed by atoms with Crippen LogP contribution in [0.3, 0.4) is 0 Å². The zero-order chi connectivity index (χ0) is 17.2. The monoisotopic (exact) mass is 324 g/mol. The Morgan fingerprint density at radius 3 is 2.68 bits per heavy atom. The van der Waals surface area contributed by atoms with Crippen LogP contribution in [-0.2, 0) is 11.8 Å². The van der Waals surface area contributed by atoms with Crippen molar-refractivity contribution in [2.75, 3.05) is 0 Å². The molecule has 0 saturated carbocycles. The van der Waals surface area contributed by atoms with Crippen LogP contribution in [-0.4, -0.2) is 9.97 Å². The number of rotatable bonds is 0. The van der Waals surface area contributed by atoms with Crippen molar-refractivity contribution in [3.63, 3.8) is 0 Å². The Bertz CT molecular complexity index is 1140. The molecule has 0 bridgehead atoms. The van der Waals surface area contributed by atoms with Gasteiger partial charge in [0.2, 0.25) is 0 Å². The van der Waals surface area contributed by atoms with Crippen molar-refractivity contribution in [3.05, 3.63) is 71.5 Å². The second-order valence-corrected chi connectivity index (χ2v) is 7.98. The van der Waals surface area contributed by atoms with Crippen LogP contribution in [0.5, 0.6) is 0 Å². The average Bonchev–Trinajstić information content (AvgIpc) is 2.61. The van der Waals surface area contributed by atoms with E-state index in [1.807, 2.05) is 12.4 Å². The second-order valence-electron chi connectivity index (χ2n) is 7.98. The molecule has 2 nitrogen and oxygen atoms in total. The van der Waals surface area contributed by atoms with E-state index in [1.165, 1.54) is 38.4 Å². The average molecular weight is 324 g/mol. The molecule has 2 aromatic heterocycles. The summed E-state index contributed by atoms with van der Waals surface area (Å²) in [5, 5.41) is 3.81. The van der Waals surface area contributed by atoms with E-state index in [2.05, 4.69) is 68.2 Å². The van der Waals surface area contributed by atoms with E-state index in [0.29, 0.717) is 0 Å². The van der Waals surface area contributed by atoms with Gasteiger partial charge in [0.1, 0.15) is 0 Å². The van der Waals surface area contributed by atoms with Crippen molar-refractivity contribution in [3.8, 4) is 11.3 Å². The third-order valence-electron chi connectivity index (χ3n) is 5.34. The molecular weight excluding hydrogens is 304 g/mol. The van der Waals surface area contributed by atoms with Crippen molar-refractivity contribution >= 4 is 21.7 Å². The predicted octanol–water partition coefficient (Wildman–Crippen LogP) is 5.65. The van der Waals surface area contributed by atoms with Gasteiger partial charge in [0.25, 0.3) is 0 Å². The van der Waals surface area contributed by atoms with Crippen molar-refractivity contribution in [2.45, 2.75) is 32.6 Å². The fourth-order valence-corrected chi connectivity index (χ4v) is 3.96. The molecule has 5 rings (SSSR count). The molecule has 2 aromatic carbocycles. The molecule has 1 aliphatic rings. The summed E-state index contributed by atoms with van der Waals surface area (Å²) in [7, 11) is 0. The van der Waals surface area contributed by atoms with Gasteiger partial charge in [-0.05, 0) is 39.6 Å².